The molecule has 0 spiro atoms. The maximum atomic E-state index is 12.2. The number of methoxy groups -OCH3 is 1. The van der Waals surface area contributed by atoms with Crippen molar-refractivity contribution in [1.82, 2.24) is 0 Å². The van der Waals surface area contributed by atoms with E-state index >= 15 is 0 Å². The van der Waals surface area contributed by atoms with Crippen molar-refractivity contribution in [3.05, 3.63) is 76.9 Å². The smallest absolute Gasteiger partial charge is 0.337 e. The zero-order valence-corrected chi connectivity index (χ0v) is 13.7. The second kappa shape index (κ2) is 6.89. The van der Waals surface area contributed by atoms with Crippen molar-refractivity contribution < 1.29 is 19.1 Å². The van der Waals surface area contributed by atoms with E-state index in [1.807, 2.05) is 30.3 Å². The molecule has 24 heavy (non-hydrogen) atoms. The van der Waals surface area contributed by atoms with E-state index in [-0.39, 0.29) is 0 Å². The van der Waals surface area contributed by atoms with Crippen molar-refractivity contribution in [2.24, 2.45) is 0 Å². The van der Waals surface area contributed by atoms with Crippen LogP contribution in [-0.4, -0.2) is 19.0 Å². The topological polar surface area (TPSA) is 52.6 Å². The zero-order valence-electron chi connectivity index (χ0n) is 13.0. The Morgan fingerprint density at radius 2 is 1.75 bits per heavy atom. The van der Waals surface area contributed by atoms with Gasteiger partial charge >= 0.3 is 11.9 Å². The maximum Gasteiger partial charge on any atom is 0.337 e. The Morgan fingerprint density at radius 3 is 2.38 bits per heavy atom. The Kier molecular flexibility index (Phi) is 4.67. The van der Waals surface area contributed by atoms with E-state index in [0.29, 0.717) is 22.6 Å². The second-order valence-corrected chi connectivity index (χ2v) is 5.75. The molecule has 5 heteroatoms. The highest BCUT2D eigenvalue weighted by molar-refractivity contribution is 6.51. The first-order chi connectivity index (χ1) is 11.6. The fourth-order valence-electron chi connectivity index (χ4n) is 2.59. The fourth-order valence-corrected chi connectivity index (χ4v) is 2.87. The molecule has 4 nitrogen and oxygen atoms in total. The highest BCUT2D eigenvalue weighted by Gasteiger charge is 2.32. The van der Waals surface area contributed by atoms with Gasteiger partial charge in [-0.15, -0.1) is 0 Å². The average molecular weight is 343 g/mol. The summed E-state index contributed by atoms with van der Waals surface area (Å²) in [6.45, 7) is 0. The third kappa shape index (κ3) is 3.19. The maximum absolute atomic E-state index is 12.2. The molecule has 1 aliphatic heterocycles. The van der Waals surface area contributed by atoms with Crippen LogP contribution in [0.1, 0.15) is 34.0 Å². The van der Waals surface area contributed by atoms with Gasteiger partial charge in [-0.2, -0.15) is 0 Å². The molecule has 0 saturated carbocycles. The van der Waals surface area contributed by atoms with Gasteiger partial charge in [-0.1, -0.05) is 54.1 Å². The number of halogens is 1. The third-order valence-electron chi connectivity index (χ3n) is 3.88. The van der Waals surface area contributed by atoms with E-state index < -0.39 is 18.0 Å². The normalized spacial score (nSPS) is 18.9. The number of esters is 2. The van der Waals surface area contributed by atoms with E-state index in [9.17, 15) is 9.59 Å². The molecule has 1 atom stereocenters. The van der Waals surface area contributed by atoms with Crippen molar-refractivity contribution in [3.63, 3.8) is 0 Å². The highest BCUT2D eigenvalue weighted by Crippen LogP contribution is 2.38. The van der Waals surface area contributed by atoms with E-state index in [0.717, 1.165) is 11.1 Å². The minimum atomic E-state index is -0.411. The molecule has 0 aromatic heterocycles. The molecule has 1 unspecified atom stereocenters. The Balaban J connectivity index is 1.83. The second-order valence-electron chi connectivity index (χ2n) is 5.37. The van der Waals surface area contributed by atoms with E-state index in [4.69, 9.17) is 16.3 Å². The van der Waals surface area contributed by atoms with Gasteiger partial charge < -0.3 is 9.47 Å². The van der Waals surface area contributed by atoms with Gasteiger partial charge in [0.1, 0.15) is 6.10 Å². The number of ether oxygens (including phenoxy) is 2. The Morgan fingerprint density at radius 1 is 1.08 bits per heavy atom. The van der Waals surface area contributed by atoms with Crippen LogP contribution in [0.3, 0.4) is 0 Å². The molecule has 0 N–H and O–H groups in total. The van der Waals surface area contributed by atoms with Gasteiger partial charge in [-0.3, -0.25) is 0 Å². The average Bonchev–Trinajstić information content (AvgIpc) is 3.03. The zero-order chi connectivity index (χ0) is 17.1. The summed E-state index contributed by atoms with van der Waals surface area (Å²) in [7, 11) is 1.33. The first-order valence-corrected chi connectivity index (χ1v) is 7.81. The Labute approximate surface area is 144 Å². The lowest BCUT2D eigenvalue weighted by atomic mass is 10.0. The lowest BCUT2D eigenvalue weighted by Gasteiger charge is -2.09. The number of cyclic esters (lactones) is 1. The number of carbonyl (C=O) groups excluding carboxylic acids is 2. The monoisotopic (exact) mass is 342 g/mol. The van der Waals surface area contributed by atoms with Crippen LogP contribution in [0.25, 0.3) is 5.03 Å². The minimum absolute atomic E-state index is 0.393. The lowest BCUT2D eigenvalue weighted by Crippen LogP contribution is -2.03. The van der Waals surface area contributed by atoms with Gasteiger partial charge in [0.05, 0.1) is 23.3 Å². The van der Waals surface area contributed by atoms with Gasteiger partial charge in [-0.25, -0.2) is 9.59 Å². The third-order valence-corrected chi connectivity index (χ3v) is 4.33. The van der Waals surface area contributed by atoms with E-state index in [2.05, 4.69) is 4.74 Å². The number of hydrogen-bond acceptors (Lipinski definition) is 4. The van der Waals surface area contributed by atoms with Gasteiger partial charge in [0.2, 0.25) is 0 Å². The summed E-state index contributed by atoms with van der Waals surface area (Å²) >= 11 is 6.36. The summed E-state index contributed by atoms with van der Waals surface area (Å²) < 4.78 is 10.1. The summed E-state index contributed by atoms with van der Waals surface area (Å²) in [5, 5.41) is 0.411. The van der Waals surface area contributed by atoms with Crippen molar-refractivity contribution in [3.8, 4) is 0 Å². The minimum Gasteiger partial charge on any atom is -0.465 e. The molecular weight excluding hydrogens is 328 g/mol. The van der Waals surface area contributed by atoms with Crippen LogP contribution in [0.4, 0.5) is 0 Å². The largest absolute Gasteiger partial charge is 0.465 e. The van der Waals surface area contributed by atoms with Gasteiger partial charge in [-0.05, 0) is 23.3 Å². The van der Waals surface area contributed by atoms with E-state index in [1.165, 1.54) is 7.11 Å². The molecule has 2 aromatic rings. The Hall–Kier alpha value is -2.59. The molecule has 3 rings (SSSR count). The molecule has 1 fully saturated rings. The predicted molar refractivity (Wildman–Crippen MR) is 90.4 cm³/mol. The molecule has 0 amide bonds. The molecule has 2 aromatic carbocycles. The molecule has 1 aliphatic rings. The molecule has 0 aliphatic carbocycles. The van der Waals surface area contributed by atoms with Crippen molar-refractivity contribution in [2.45, 2.75) is 12.5 Å². The van der Waals surface area contributed by atoms with Crippen LogP contribution < -0.4 is 0 Å². The van der Waals surface area contributed by atoms with Gasteiger partial charge in [0.15, 0.2) is 0 Å². The molecule has 1 saturated heterocycles. The molecule has 1 heterocycles. The molecule has 0 radical (unpaired) electrons. The summed E-state index contributed by atoms with van der Waals surface area (Å²) in [6.07, 6.45) is -0.0129. The van der Waals surface area contributed by atoms with Crippen LogP contribution in [0.5, 0.6) is 0 Å². The first-order valence-electron chi connectivity index (χ1n) is 7.43. The number of benzene rings is 2. The van der Waals surface area contributed by atoms with Gasteiger partial charge in [0.25, 0.3) is 0 Å². The number of carbonyl (C=O) groups is 2. The summed E-state index contributed by atoms with van der Waals surface area (Å²) in [4.78, 5) is 23.6. The van der Waals surface area contributed by atoms with Crippen LogP contribution in [0, 0.1) is 0 Å². The Bertz CT molecular complexity index is 794. The quantitative estimate of drug-likeness (QED) is 0.622. The number of rotatable bonds is 3. The lowest BCUT2D eigenvalue weighted by molar-refractivity contribution is -0.139. The van der Waals surface area contributed by atoms with Crippen LogP contribution in [0.15, 0.2) is 60.2 Å². The predicted octanol–water partition coefficient (Wildman–Crippen LogP) is 4.11. The molecule has 122 valence electrons. The fraction of sp³-hybridized carbons (Fsp3) is 0.158. The molecule has 0 bridgehead atoms. The SMILES string of the molecule is COC(=O)c1ccc(C2C/C(=C(/Cl)c3ccccc3)C(=O)O2)cc1. The van der Waals surface area contributed by atoms with Crippen LogP contribution in [-0.2, 0) is 14.3 Å². The van der Waals surface area contributed by atoms with Crippen LogP contribution >= 0.6 is 11.6 Å². The van der Waals surface area contributed by atoms with E-state index in [1.54, 1.807) is 24.3 Å². The van der Waals surface area contributed by atoms with Crippen molar-refractivity contribution in [2.75, 3.05) is 7.11 Å². The highest BCUT2D eigenvalue weighted by atomic mass is 35.5. The van der Waals surface area contributed by atoms with Crippen molar-refractivity contribution in [1.29, 1.82) is 0 Å². The summed E-state index contributed by atoms with van der Waals surface area (Å²) in [5.41, 5.74) is 2.50. The van der Waals surface area contributed by atoms with Gasteiger partial charge in [0, 0.05) is 6.42 Å². The first kappa shape index (κ1) is 16.3. The number of hydrogen-bond donors (Lipinski definition) is 0. The standard InChI is InChI=1S/C19H15ClO4/c1-23-18(21)14-9-7-12(8-10-14)16-11-15(19(22)24-16)17(20)13-5-3-2-4-6-13/h2-10,16H,11H2,1H3/b17-15-. The summed E-state index contributed by atoms with van der Waals surface area (Å²) in [6, 6.07) is 16.1. The van der Waals surface area contributed by atoms with Crippen LogP contribution in [0.2, 0.25) is 0 Å². The molecular formula is C19H15ClO4. The van der Waals surface area contributed by atoms with Crippen molar-refractivity contribution >= 4 is 28.6 Å². The summed E-state index contributed by atoms with van der Waals surface area (Å²) in [5.74, 6) is -0.816.